The summed E-state index contributed by atoms with van der Waals surface area (Å²) in [5.74, 6) is 1.05. The number of benzene rings is 1. The Labute approximate surface area is 165 Å². The zero-order valence-electron chi connectivity index (χ0n) is 14.5. The Kier molecular flexibility index (Phi) is 9.04. The summed E-state index contributed by atoms with van der Waals surface area (Å²) in [6.45, 7) is 5.59. The first kappa shape index (κ1) is 21.0. The van der Waals surface area contributed by atoms with Gasteiger partial charge < -0.3 is 20.8 Å². The van der Waals surface area contributed by atoms with E-state index in [1.807, 2.05) is 24.3 Å². The SMILES string of the molecule is CC(C)CCNC(N)=NCc1cccc(NC(=O)c2ccco2)c1.I. The first-order valence-corrected chi connectivity index (χ1v) is 8.02. The van der Waals surface area contributed by atoms with Crippen LogP contribution in [0, 0.1) is 5.92 Å². The van der Waals surface area contributed by atoms with E-state index in [-0.39, 0.29) is 35.6 Å². The van der Waals surface area contributed by atoms with Crippen LogP contribution < -0.4 is 16.4 Å². The first-order chi connectivity index (χ1) is 11.5. The molecule has 0 atom stereocenters. The molecule has 0 aliphatic rings. The van der Waals surface area contributed by atoms with Gasteiger partial charge in [-0.15, -0.1) is 24.0 Å². The zero-order valence-corrected chi connectivity index (χ0v) is 16.8. The van der Waals surface area contributed by atoms with E-state index in [0.717, 1.165) is 18.5 Å². The van der Waals surface area contributed by atoms with Gasteiger partial charge in [-0.25, -0.2) is 4.99 Å². The summed E-state index contributed by atoms with van der Waals surface area (Å²) < 4.78 is 5.07. The van der Waals surface area contributed by atoms with Crippen molar-refractivity contribution in [3.8, 4) is 0 Å². The number of furan rings is 1. The van der Waals surface area contributed by atoms with Crippen molar-refractivity contribution >= 4 is 41.5 Å². The van der Waals surface area contributed by atoms with Crippen molar-refractivity contribution < 1.29 is 9.21 Å². The Morgan fingerprint density at radius 2 is 2.08 bits per heavy atom. The molecule has 1 heterocycles. The predicted molar refractivity (Wildman–Crippen MR) is 111 cm³/mol. The van der Waals surface area contributed by atoms with Gasteiger partial charge in [-0.1, -0.05) is 26.0 Å². The Bertz CT molecular complexity index is 684. The largest absolute Gasteiger partial charge is 0.459 e. The lowest BCUT2D eigenvalue weighted by atomic mass is 10.1. The number of halogens is 1. The molecule has 1 amide bonds. The number of guanidine groups is 1. The molecule has 0 fully saturated rings. The summed E-state index contributed by atoms with van der Waals surface area (Å²) in [6, 6.07) is 10.8. The number of nitrogens with two attached hydrogens (primary N) is 1. The average Bonchev–Trinajstić information content (AvgIpc) is 3.07. The van der Waals surface area contributed by atoms with Crippen LogP contribution in [0.15, 0.2) is 52.1 Å². The number of hydrogen-bond donors (Lipinski definition) is 3. The molecule has 4 N–H and O–H groups in total. The molecule has 136 valence electrons. The van der Waals surface area contributed by atoms with Crippen molar-refractivity contribution in [2.24, 2.45) is 16.6 Å². The number of anilines is 1. The number of amides is 1. The van der Waals surface area contributed by atoms with Gasteiger partial charge in [0.25, 0.3) is 5.91 Å². The molecule has 0 spiro atoms. The van der Waals surface area contributed by atoms with E-state index in [2.05, 4.69) is 29.5 Å². The van der Waals surface area contributed by atoms with Gasteiger partial charge in [-0.05, 0) is 42.2 Å². The van der Waals surface area contributed by atoms with Crippen molar-refractivity contribution in [1.82, 2.24) is 5.32 Å². The maximum atomic E-state index is 12.0. The first-order valence-electron chi connectivity index (χ1n) is 8.02. The molecule has 0 unspecified atom stereocenters. The maximum Gasteiger partial charge on any atom is 0.291 e. The van der Waals surface area contributed by atoms with Crippen LogP contribution in [-0.2, 0) is 6.54 Å². The normalized spacial score (nSPS) is 11.1. The van der Waals surface area contributed by atoms with Crippen LogP contribution >= 0.6 is 24.0 Å². The second-order valence-electron chi connectivity index (χ2n) is 5.94. The van der Waals surface area contributed by atoms with Gasteiger partial charge in [0.1, 0.15) is 0 Å². The summed E-state index contributed by atoms with van der Waals surface area (Å²) in [7, 11) is 0. The molecule has 0 saturated heterocycles. The zero-order chi connectivity index (χ0) is 17.4. The van der Waals surface area contributed by atoms with Gasteiger partial charge in [0.15, 0.2) is 11.7 Å². The van der Waals surface area contributed by atoms with E-state index in [0.29, 0.717) is 24.1 Å². The fourth-order valence-electron chi connectivity index (χ4n) is 2.07. The molecular weight excluding hydrogens is 431 g/mol. The Balaban J connectivity index is 0.00000312. The number of carbonyl (C=O) groups excluding carboxylic acids is 1. The lowest BCUT2D eigenvalue weighted by Crippen LogP contribution is -2.32. The number of nitrogens with zero attached hydrogens (tertiary/aromatic N) is 1. The Morgan fingerprint density at radius 3 is 2.76 bits per heavy atom. The molecule has 0 saturated carbocycles. The second-order valence-corrected chi connectivity index (χ2v) is 5.94. The van der Waals surface area contributed by atoms with E-state index in [1.165, 1.54) is 6.26 Å². The minimum Gasteiger partial charge on any atom is -0.459 e. The highest BCUT2D eigenvalue weighted by atomic mass is 127. The number of aliphatic imine (C=N–C) groups is 1. The van der Waals surface area contributed by atoms with Crippen LogP contribution in [0.3, 0.4) is 0 Å². The van der Waals surface area contributed by atoms with Gasteiger partial charge in [0.2, 0.25) is 0 Å². The molecule has 25 heavy (non-hydrogen) atoms. The number of hydrogen-bond acceptors (Lipinski definition) is 3. The molecule has 2 rings (SSSR count). The predicted octanol–water partition coefficient (Wildman–Crippen LogP) is 3.60. The monoisotopic (exact) mass is 456 g/mol. The second kappa shape index (κ2) is 10.8. The molecule has 2 aromatic rings. The van der Waals surface area contributed by atoms with E-state index in [4.69, 9.17) is 10.2 Å². The fraction of sp³-hybridized carbons (Fsp3) is 0.333. The van der Waals surface area contributed by atoms with Crippen LogP contribution in [0.4, 0.5) is 5.69 Å². The van der Waals surface area contributed by atoms with Crippen LogP contribution in [0.2, 0.25) is 0 Å². The lowest BCUT2D eigenvalue weighted by Gasteiger charge is -2.08. The van der Waals surface area contributed by atoms with Crippen LogP contribution in [0.25, 0.3) is 0 Å². The van der Waals surface area contributed by atoms with Crippen molar-refractivity contribution in [3.05, 3.63) is 54.0 Å². The van der Waals surface area contributed by atoms with Gasteiger partial charge in [0, 0.05) is 12.2 Å². The molecule has 0 bridgehead atoms. The van der Waals surface area contributed by atoms with Gasteiger partial charge in [-0.2, -0.15) is 0 Å². The smallest absolute Gasteiger partial charge is 0.291 e. The molecule has 0 aliphatic heterocycles. The van der Waals surface area contributed by atoms with Crippen LogP contribution in [0.5, 0.6) is 0 Å². The third kappa shape index (κ3) is 7.59. The summed E-state index contributed by atoms with van der Waals surface area (Å²) in [4.78, 5) is 16.3. The van der Waals surface area contributed by atoms with Crippen molar-refractivity contribution in [3.63, 3.8) is 0 Å². The summed E-state index contributed by atoms with van der Waals surface area (Å²) in [5, 5.41) is 5.89. The highest BCUT2D eigenvalue weighted by molar-refractivity contribution is 14.0. The summed E-state index contributed by atoms with van der Waals surface area (Å²) in [6.07, 6.45) is 2.51. The van der Waals surface area contributed by atoms with Crippen molar-refractivity contribution in [2.75, 3.05) is 11.9 Å². The quantitative estimate of drug-likeness (QED) is 0.337. The van der Waals surface area contributed by atoms with Gasteiger partial charge in [-0.3, -0.25) is 4.79 Å². The maximum absolute atomic E-state index is 12.0. The molecule has 0 radical (unpaired) electrons. The molecule has 1 aromatic heterocycles. The van der Waals surface area contributed by atoms with Gasteiger partial charge >= 0.3 is 0 Å². The van der Waals surface area contributed by atoms with Crippen LogP contribution in [-0.4, -0.2) is 18.4 Å². The van der Waals surface area contributed by atoms with E-state index in [1.54, 1.807) is 12.1 Å². The number of rotatable bonds is 7. The highest BCUT2D eigenvalue weighted by Crippen LogP contribution is 2.13. The standard InChI is InChI=1S/C18H24N4O2.HI/c1-13(2)8-9-20-18(19)21-12-14-5-3-6-15(11-14)22-17(23)16-7-4-10-24-16;/h3-7,10-11,13H,8-9,12H2,1-2H3,(H,22,23)(H3,19,20,21);1H. The fourth-order valence-corrected chi connectivity index (χ4v) is 2.07. The third-order valence-electron chi connectivity index (χ3n) is 3.39. The number of nitrogens with one attached hydrogen (secondary N) is 2. The summed E-state index contributed by atoms with van der Waals surface area (Å²) in [5.41, 5.74) is 7.50. The molecular formula is C18H25IN4O2. The molecule has 7 heteroatoms. The van der Waals surface area contributed by atoms with E-state index >= 15 is 0 Å². The van der Waals surface area contributed by atoms with Crippen LogP contribution in [0.1, 0.15) is 36.4 Å². The summed E-state index contributed by atoms with van der Waals surface area (Å²) >= 11 is 0. The van der Waals surface area contributed by atoms with Gasteiger partial charge in [0.05, 0.1) is 12.8 Å². The minimum absolute atomic E-state index is 0. The lowest BCUT2D eigenvalue weighted by molar-refractivity contribution is 0.0996. The topological polar surface area (TPSA) is 92.6 Å². The molecule has 0 aliphatic carbocycles. The van der Waals surface area contributed by atoms with E-state index < -0.39 is 0 Å². The van der Waals surface area contributed by atoms with Crippen molar-refractivity contribution in [2.45, 2.75) is 26.8 Å². The third-order valence-corrected chi connectivity index (χ3v) is 3.39. The highest BCUT2D eigenvalue weighted by Gasteiger charge is 2.08. The average molecular weight is 456 g/mol. The molecule has 6 nitrogen and oxygen atoms in total. The van der Waals surface area contributed by atoms with Crippen molar-refractivity contribution in [1.29, 1.82) is 0 Å². The number of carbonyl (C=O) groups is 1. The molecule has 1 aromatic carbocycles. The van der Waals surface area contributed by atoms with E-state index in [9.17, 15) is 4.79 Å². The Hall–Kier alpha value is -2.03. The Morgan fingerprint density at radius 1 is 1.28 bits per heavy atom. The minimum atomic E-state index is -0.282.